The molecule has 0 saturated heterocycles. The second kappa shape index (κ2) is 6.24. The van der Waals surface area contributed by atoms with Crippen LogP contribution in [0.2, 0.25) is 0 Å². The van der Waals surface area contributed by atoms with Gasteiger partial charge >= 0.3 is 0 Å². The quantitative estimate of drug-likeness (QED) is 0.828. The van der Waals surface area contributed by atoms with Crippen molar-refractivity contribution >= 4 is 5.69 Å². The van der Waals surface area contributed by atoms with Crippen LogP contribution in [-0.4, -0.2) is 20.6 Å². The predicted octanol–water partition coefficient (Wildman–Crippen LogP) is 3.52. The van der Waals surface area contributed by atoms with Crippen LogP contribution < -0.4 is 10.2 Å². The van der Waals surface area contributed by atoms with Crippen LogP contribution in [0.1, 0.15) is 33.3 Å². The van der Waals surface area contributed by atoms with Gasteiger partial charge < -0.3 is 10.2 Å². The number of hydrogen-bond donors (Lipinski definition) is 1. The summed E-state index contributed by atoms with van der Waals surface area (Å²) in [6.45, 7) is 11.2. The number of hydrogen-bond acceptors (Lipinski definition) is 2. The fraction of sp³-hybridized carbons (Fsp3) is 0.625. The first-order chi connectivity index (χ1) is 8.33. The van der Waals surface area contributed by atoms with Crippen LogP contribution in [0, 0.1) is 11.3 Å². The summed E-state index contributed by atoms with van der Waals surface area (Å²) in [5.74, 6) is 0.695. The van der Waals surface area contributed by atoms with Gasteiger partial charge in [-0.2, -0.15) is 0 Å². The van der Waals surface area contributed by atoms with E-state index in [-0.39, 0.29) is 0 Å². The van der Waals surface area contributed by atoms with Crippen LogP contribution in [0.5, 0.6) is 0 Å². The zero-order valence-electron chi connectivity index (χ0n) is 12.7. The van der Waals surface area contributed by atoms with E-state index in [0.717, 1.165) is 13.1 Å². The molecule has 0 amide bonds. The molecule has 2 heteroatoms. The second-order valence-electron chi connectivity index (χ2n) is 6.31. The van der Waals surface area contributed by atoms with Crippen LogP contribution in [0.3, 0.4) is 0 Å². The van der Waals surface area contributed by atoms with Gasteiger partial charge in [0.15, 0.2) is 0 Å². The number of anilines is 1. The fourth-order valence-corrected chi connectivity index (χ4v) is 1.65. The molecule has 0 atom stereocenters. The molecule has 0 fully saturated rings. The van der Waals surface area contributed by atoms with E-state index in [1.165, 1.54) is 11.3 Å². The van der Waals surface area contributed by atoms with Gasteiger partial charge in [-0.15, -0.1) is 0 Å². The van der Waals surface area contributed by atoms with Crippen LogP contribution in [0.4, 0.5) is 5.69 Å². The van der Waals surface area contributed by atoms with Crippen molar-refractivity contribution in [3.05, 3.63) is 29.8 Å². The molecule has 0 heterocycles. The topological polar surface area (TPSA) is 15.3 Å². The van der Waals surface area contributed by atoms with Gasteiger partial charge in [0.25, 0.3) is 0 Å². The van der Waals surface area contributed by atoms with Crippen molar-refractivity contribution in [1.82, 2.24) is 5.32 Å². The van der Waals surface area contributed by atoms with E-state index in [9.17, 15) is 0 Å². The van der Waals surface area contributed by atoms with Gasteiger partial charge in [0.05, 0.1) is 0 Å². The van der Waals surface area contributed by atoms with Gasteiger partial charge in [-0.25, -0.2) is 0 Å². The first-order valence-electron chi connectivity index (χ1n) is 6.80. The van der Waals surface area contributed by atoms with Gasteiger partial charge in [-0.3, -0.25) is 0 Å². The molecule has 0 unspecified atom stereocenters. The molecule has 0 saturated carbocycles. The van der Waals surface area contributed by atoms with Crippen LogP contribution in [-0.2, 0) is 6.54 Å². The number of rotatable bonds is 6. The van der Waals surface area contributed by atoms with Crippen molar-refractivity contribution < 1.29 is 0 Å². The standard InChI is InChI=1S/C16H28N2/c1-13(2)16(3,4)12-17-11-14-7-9-15(10-8-14)18(5)6/h7-10,13,17H,11-12H2,1-6H3. The molecule has 2 nitrogen and oxygen atoms in total. The lowest BCUT2D eigenvalue weighted by atomic mass is 9.81. The van der Waals surface area contributed by atoms with E-state index in [2.05, 4.69) is 76.3 Å². The summed E-state index contributed by atoms with van der Waals surface area (Å²) in [5.41, 5.74) is 2.95. The van der Waals surface area contributed by atoms with Crippen molar-refractivity contribution in [2.45, 2.75) is 34.2 Å². The molecular weight excluding hydrogens is 220 g/mol. The summed E-state index contributed by atoms with van der Waals surface area (Å²) in [6.07, 6.45) is 0. The molecule has 0 bridgehead atoms. The molecule has 0 aliphatic heterocycles. The number of nitrogens with zero attached hydrogens (tertiary/aromatic N) is 1. The van der Waals surface area contributed by atoms with Crippen LogP contribution in [0.25, 0.3) is 0 Å². The highest BCUT2D eigenvalue weighted by atomic mass is 15.1. The van der Waals surface area contributed by atoms with Gasteiger partial charge in [-0.05, 0) is 29.0 Å². The Kier molecular flexibility index (Phi) is 5.21. The van der Waals surface area contributed by atoms with E-state index in [1.54, 1.807) is 0 Å². The summed E-state index contributed by atoms with van der Waals surface area (Å²) in [4.78, 5) is 2.12. The zero-order chi connectivity index (χ0) is 13.8. The third kappa shape index (κ3) is 4.34. The molecule has 18 heavy (non-hydrogen) atoms. The van der Waals surface area contributed by atoms with Gasteiger partial charge in [0.2, 0.25) is 0 Å². The molecule has 1 aromatic rings. The maximum absolute atomic E-state index is 3.56. The number of nitrogens with one attached hydrogen (secondary N) is 1. The Bertz CT molecular complexity index is 350. The van der Waals surface area contributed by atoms with Crippen molar-refractivity contribution in [3.8, 4) is 0 Å². The highest BCUT2D eigenvalue weighted by Gasteiger charge is 2.21. The molecular formula is C16H28N2. The summed E-state index contributed by atoms with van der Waals surface area (Å²) < 4.78 is 0. The molecule has 0 spiro atoms. The molecule has 0 aliphatic carbocycles. The van der Waals surface area contributed by atoms with Crippen molar-refractivity contribution in [2.75, 3.05) is 25.5 Å². The minimum atomic E-state index is 0.351. The lowest BCUT2D eigenvalue weighted by molar-refractivity contribution is 0.238. The minimum absolute atomic E-state index is 0.351. The average molecular weight is 248 g/mol. The fourth-order valence-electron chi connectivity index (χ4n) is 1.65. The molecule has 0 radical (unpaired) electrons. The summed E-state index contributed by atoms with van der Waals surface area (Å²) in [6, 6.07) is 8.74. The molecule has 1 rings (SSSR count). The highest BCUT2D eigenvalue weighted by molar-refractivity contribution is 5.45. The highest BCUT2D eigenvalue weighted by Crippen LogP contribution is 2.24. The van der Waals surface area contributed by atoms with E-state index in [1.807, 2.05) is 0 Å². The zero-order valence-corrected chi connectivity index (χ0v) is 12.7. The molecule has 102 valence electrons. The van der Waals surface area contributed by atoms with Crippen molar-refractivity contribution in [1.29, 1.82) is 0 Å². The predicted molar refractivity (Wildman–Crippen MR) is 81.1 cm³/mol. The minimum Gasteiger partial charge on any atom is -0.378 e. The SMILES string of the molecule is CC(C)C(C)(C)CNCc1ccc(N(C)C)cc1. The van der Waals surface area contributed by atoms with Crippen LogP contribution >= 0.6 is 0 Å². The Morgan fingerprint density at radius 3 is 2.11 bits per heavy atom. The Balaban J connectivity index is 2.45. The smallest absolute Gasteiger partial charge is 0.0361 e. The molecule has 1 N–H and O–H groups in total. The average Bonchev–Trinajstić information content (AvgIpc) is 2.29. The Hall–Kier alpha value is -1.02. The van der Waals surface area contributed by atoms with E-state index < -0.39 is 0 Å². The largest absolute Gasteiger partial charge is 0.378 e. The first-order valence-corrected chi connectivity index (χ1v) is 6.80. The molecule has 0 aliphatic rings. The summed E-state index contributed by atoms with van der Waals surface area (Å²) in [7, 11) is 4.14. The van der Waals surface area contributed by atoms with Crippen molar-refractivity contribution in [3.63, 3.8) is 0 Å². The monoisotopic (exact) mass is 248 g/mol. The van der Waals surface area contributed by atoms with Gasteiger partial charge in [-0.1, -0.05) is 39.8 Å². The summed E-state index contributed by atoms with van der Waals surface area (Å²) >= 11 is 0. The maximum atomic E-state index is 3.56. The lowest BCUT2D eigenvalue weighted by Gasteiger charge is -2.29. The lowest BCUT2D eigenvalue weighted by Crippen LogP contribution is -2.33. The second-order valence-corrected chi connectivity index (χ2v) is 6.31. The Labute approximate surface area is 112 Å². The summed E-state index contributed by atoms with van der Waals surface area (Å²) in [5, 5.41) is 3.56. The first kappa shape index (κ1) is 15.0. The van der Waals surface area contributed by atoms with E-state index in [0.29, 0.717) is 11.3 Å². The van der Waals surface area contributed by atoms with Gasteiger partial charge in [0.1, 0.15) is 0 Å². The maximum Gasteiger partial charge on any atom is 0.0361 e. The van der Waals surface area contributed by atoms with E-state index >= 15 is 0 Å². The van der Waals surface area contributed by atoms with E-state index in [4.69, 9.17) is 0 Å². The van der Waals surface area contributed by atoms with Gasteiger partial charge in [0, 0.05) is 32.9 Å². The van der Waals surface area contributed by atoms with Crippen LogP contribution in [0.15, 0.2) is 24.3 Å². The van der Waals surface area contributed by atoms with Crippen molar-refractivity contribution in [2.24, 2.45) is 11.3 Å². The Morgan fingerprint density at radius 1 is 1.11 bits per heavy atom. The molecule has 0 aromatic heterocycles. The normalized spacial score (nSPS) is 11.9. The number of benzene rings is 1. The third-order valence-electron chi connectivity index (χ3n) is 3.93. The third-order valence-corrected chi connectivity index (χ3v) is 3.93. The molecule has 1 aromatic carbocycles. The Morgan fingerprint density at radius 2 is 1.67 bits per heavy atom.